The van der Waals surface area contributed by atoms with Gasteiger partial charge in [-0.25, -0.2) is 0 Å². The summed E-state index contributed by atoms with van der Waals surface area (Å²) in [5, 5.41) is 7.63. The lowest BCUT2D eigenvalue weighted by atomic mass is 10.1. The van der Waals surface area contributed by atoms with E-state index in [-0.39, 0.29) is 0 Å². The molecule has 0 saturated heterocycles. The Morgan fingerprint density at radius 1 is 1.47 bits per heavy atom. The summed E-state index contributed by atoms with van der Waals surface area (Å²) >= 11 is 7.11. The number of thiophene rings is 2. The highest BCUT2D eigenvalue weighted by Gasteiger charge is 2.11. The first kappa shape index (κ1) is 11.3. The van der Waals surface area contributed by atoms with Crippen molar-refractivity contribution in [2.45, 2.75) is 12.5 Å². The van der Waals surface area contributed by atoms with Crippen LogP contribution in [0.5, 0.6) is 0 Å². The van der Waals surface area contributed by atoms with Gasteiger partial charge in [-0.2, -0.15) is 0 Å². The van der Waals surface area contributed by atoms with Crippen LogP contribution in [0.25, 0.3) is 0 Å². The summed E-state index contributed by atoms with van der Waals surface area (Å²) < 4.78 is 1.18. The summed E-state index contributed by atoms with van der Waals surface area (Å²) in [6, 6.07) is 6.93. The number of hydrogen-bond acceptors (Lipinski definition) is 3. The van der Waals surface area contributed by atoms with Crippen LogP contribution in [0, 0.1) is 0 Å². The number of likely N-dealkylation sites (N-methyl/N-ethyl adjacent to an activating group) is 1. The molecule has 0 amide bonds. The molecule has 0 aliphatic rings. The Bertz CT molecular complexity index is 408. The van der Waals surface area contributed by atoms with Gasteiger partial charge < -0.3 is 5.32 Å². The highest BCUT2D eigenvalue weighted by molar-refractivity contribution is 9.10. The largest absolute Gasteiger partial charge is 0.312 e. The summed E-state index contributed by atoms with van der Waals surface area (Å²) in [7, 11) is 2.02. The van der Waals surface area contributed by atoms with Gasteiger partial charge >= 0.3 is 0 Å². The zero-order valence-corrected chi connectivity index (χ0v) is 11.6. The Hall–Kier alpha value is -0.160. The summed E-state index contributed by atoms with van der Waals surface area (Å²) in [5.74, 6) is 0. The van der Waals surface area contributed by atoms with Crippen LogP contribution in [0.15, 0.2) is 33.4 Å². The molecule has 0 bridgehead atoms. The van der Waals surface area contributed by atoms with E-state index in [4.69, 9.17) is 0 Å². The summed E-state index contributed by atoms with van der Waals surface area (Å²) in [5.41, 5.74) is 0. The van der Waals surface area contributed by atoms with Crippen LogP contribution in [0.4, 0.5) is 0 Å². The molecule has 15 heavy (non-hydrogen) atoms. The molecule has 0 aliphatic heterocycles. The lowest BCUT2D eigenvalue weighted by Crippen LogP contribution is -2.17. The fraction of sp³-hybridized carbons (Fsp3) is 0.273. The van der Waals surface area contributed by atoms with Crippen molar-refractivity contribution in [3.05, 3.63) is 43.2 Å². The standard InChI is InChI=1S/C11H12BrNS2/c1-13-10(11-3-2-4-14-11)6-9-5-8(12)7-15-9/h2-5,7,10,13H,6H2,1H3. The van der Waals surface area contributed by atoms with E-state index in [9.17, 15) is 0 Å². The van der Waals surface area contributed by atoms with Gasteiger partial charge in [0.1, 0.15) is 0 Å². The Labute approximate surface area is 106 Å². The predicted molar refractivity (Wildman–Crippen MR) is 71.8 cm³/mol. The van der Waals surface area contributed by atoms with E-state index in [0.717, 1.165) is 6.42 Å². The fourth-order valence-electron chi connectivity index (χ4n) is 1.50. The molecule has 0 saturated carbocycles. The van der Waals surface area contributed by atoms with Crippen molar-refractivity contribution in [2.75, 3.05) is 7.05 Å². The quantitative estimate of drug-likeness (QED) is 0.897. The third-order valence-corrected chi connectivity index (χ3v) is 4.97. The van der Waals surface area contributed by atoms with Gasteiger partial charge in [0.25, 0.3) is 0 Å². The molecular weight excluding hydrogens is 290 g/mol. The van der Waals surface area contributed by atoms with Crippen LogP contribution >= 0.6 is 38.6 Å². The molecule has 2 aromatic heterocycles. The van der Waals surface area contributed by atoms with Gasteiger partial charge in [0, 0.05) is 32.1 Å². The first-order chi connectivity index (χ1) is 7.29. The van der Waals surface area contributed by atoms with Gasteiger partial charge in [0.15, 0.2) is 0 Å². The van der Waals surface area contributed by atoms with E-state index in [0.29, 0.717) is 6.04 Å². The minimum Gasteiger partial charge on any atom is -0.312 e. The first-order valence-corrected chi connectivity index (χ1v) is 7.28. The molecule has 2 aromatic rings. The highest BCUT2D eigenvalue weighted by Crippen LogP contribution is 2.27. The Kier molecular flexibility index (Phi) is 3.97. The normalized spacial score (nSPS) is 12.9. The minimum absolute atomic E-state index is 0.440. The second-order valence-electron chi connectivity index (χ2n) is 3.29. The molecule has 2 rings (SSSR count). The molecule has 4 heteroatoms. The Morgan fingerprint density at radius 3 is 2.87 bits per heavy atom. The highest BCUT2D eigenvalue weighted by atomic mass is 79.9. The number of rotatable bonds is 4. The van der Waals surface area contributed by atoms with Gasteiger partial charge in [0.05, 0.1) is 0 Å². The monoisotopic (exact) mass is 301 g/mol. The Morgan fingerprint density at radius 2 is 2.33 bits per heavy atom. The number of nitrogens with one attached hydrogen (secondary N) is 1. The fourth-order valence-corrected chi connectivity index (χ4v) is 3.83. The van der Waals surface area contributed by atoms with E-state index in [1.54, 1.807) is 0 Å². The summed E-state index contributed by atoms with van der Waals surface area (Å²) in [6.07, 6.45) is 1.06. The maximum Gasteiger partial charge on any atom is 0.0461 e. The molecule has 1 nitrogen and oxygen atoms in total. The van der Waals surface area contributed by atoms with Crippen molar-refractivity contribution in [3.63, 3.8) is 0 Å². The second-order valence-corrected chi connectivity index (χ2v) is 6.18. The average molecular weight is 302 g/mol. The van der Waals surface area contributed by atoms with Crippen molar-refractivity contribution in [3.8, 4) is 0 Å². The lowest BCUT2D eigenvalue weighted by Gasteiger charge is -2.12. The SMILES string of the molecule is CNC(Cc1cc(Br)cs1)c1cccs1. The second kappa shape index (κ2) is 5.25. The van der Waals surface area contributed by atoms with E-state index in [1.807, 2.05) is 29.7 Å². The van der Waals surface area contributed by atoms with E-state index >= 15 is 0 Å². The molecule has 0 aliphatic carbocycles. The maximum absolute atomic E-state index is 3.49. The summed E-state index contributed by atoms with van der Waals surface area (Å²) in [4.78, 5) is 2.82. The van der Waals surface area contributed by atoms with E-state index in [1.165, 1.54) is 14.2 Å². The van der Waals surface area contributed by atoms with Gasteiger partial charge in [-0.05, 0) is 40.5 Å². The minimum atomic E-state index is 0.440. The summed E-state index contributed by atoms with van der Waals surface area (Å²) in [6.45, 7) is 0. The maximum atomic E-state index is 3.49. The van der Waals surface area contributed by atoms with Crippen molar-refractivity contribution in [2.24, 2.45) is 0 Å². The molecule has 2 heterocycles. The van der Waals surface area contributed by atoms with Crippen LogP contribution in [-0.2, 0) is 6.42 Å². The van der Waals surface area contributed by atoms with Crippen LogP contribution < -0.4 is 5.32 Å². The smallest absolute Gasteiger partial charge is 0.0461 e. The zero-order valence-electron chi connectivity index (χ0n) is 8.37. The van der Waals surface area contributed by atoms with E-state index in [2.05, 4.69) is 50.2 Å². The molecule has 0 radical (unpaired) electrons. The van der Waals surface area contributed by atoms with Crippen molar-refractivity contribution in [1.29, 1.82) is 0 Å². The van der Waals surface area contributed by atoms with Crippen molar-refractivity contribution >= 4 is 38.6 Å². The topological polar surface area (TPSA) is 12.0 Å². The average Bonchev–Trinajstić information content (AvgIpc) is 2.85. The van der Waals surface area contributed by atoms with Crippen LogP contribution in [0.3, 0.4) is 0 Å². The third kappa shape index (κ3) is 2.91. The first-order valence-electron chi connectivity index (χ1n) is 4.73. The predicted octanol–water partition coefficient (Wildman–Crippen LogP) is 4.08. The molecule has 80 valence electrons. The number of halogens is 1. The van der Waals surface area contributed by atoms with Crippen LogP contribution in [-0.4, -0.2) is 7.05 Å². The van der Waals surface area contributed by atoms with Crippen molar-refractivity contribution in [1.82, 2.24) is 5.32 Å². The van der Waals surface area contributed by atoms with Gasteiger partial charge in [0.2, 0.25) is 0 Å². The molecule has 0 fully saturated rings. The van der Waals surface area contributed by atoms with Gasteiger partial charge in [-0.1, -0.05) is 6.07 Å². The molecule has 1 atom stereocenters. The molecule has 1 N–H and O–H groups in total. The van der Waals surface area contributed by atoms with Crippen LogP contribution in [0.2, 0.25) is 0 Å². The third-order valence-electron chi connectivity index (χ3n) is 2.26. The number of hydrogen-bond donors (Lipinski definition) is 1. The van der Waals surface area contributed by atoms with Crippen molar-refractivity contribution < 1.29 is 0 Å². The molecule has 0 spiro atoms. The van der Waals surface area contributed by atoms with E-state index < -0.39 is 0 Å². The van der Waals surface area contributed by atoms with Crippen LogP contribution in [0.1, 0.15) is 15.8 Å². The zero-order chi connectivity index (χ0) is 10.7. The molecular formula is C11H12BrNS2. The Balaban J connectivity index is 2.09. The molecule has 1 unspecified atom stereocenters. The molecule has 0 aromatic carbocycles. The van der Waals surface area contributed by atoms with Gasteiger partial charge in [-0.3, -0.25) is 0 Å². The lowest BCUT2D eigenvalue weighted by molar-refractivity contribution is 0.607. The van der Waals surface area contributed by atoms with Gasteiger partial charge in [-0.15, -0.1) is 22.7 Å².